The van der Waals surface area contributed by atoms with Crippen molar-refractivity contribution >= 4 is 24.4 Å². The monoisotopic (exact) mass is 290 g/mol. The third-order valence-electron chi connectivity index (χ3n) is 2.70. The van der Waals surface area contributed by atoms with Gasteiger partial charge in [0.25, 0.3) is 0 Å². The van der Waals surface area contributed by atoms with Gasteiger partial charge in [0, 0.05) is 11.5 Å². The minimum atomic E-state index is -0.994. The van der Waals surface area contributed by atoms with E-state index in [1.807, 2.05) is 13.8 Å². The maximum atomic E-state index is 11.1. The summed E-state index contributed by atoms with van der Waals surface area (Å²) < 4.78 is 1.87. The number of nitrogens with zero attached hydrogens (tertiary/aromatic N) is 3. The van der Waals surface area contributed by atoms with Crippen LogP contribution >= 0.6 is 12.2 Å². The van der Waals surface area contributed by atoms with Gasteiger partial charge in [0.2, 0.25) is 4.77 Å². The number of benzene rings is 1. The highest BCUT2D eigenvalue weighted by atomic mass is 32.1. The molecule has 7 heteroatoms. The van der Waals surface area contributed by atoms with Gasteiger partial charge >= 0.3 is 5.97 Å². The zero-order chi connectivity index (χ0) is 14.7. The lowest BCUT2D eigenvalue weighted by atomic mass is 10.1. The molecular formula is C13H14N4O2S. The summed E-state index contributed by atoms with van der Waals surface area (Å²) in [4.78, 5) is 11.1. The molecule has 2 rings (SSSR count). The molecule has 20 heavy (non-hydrogen) atoms. The van der Waals surface area contributed by atoms with Crippen molar-refractivity contribution in [2.45, 2.75) is 19.8 Å². The highest BCUT2D eigenvalue weighted by Crippen LogP contribution is 2.12. The zero-order valence-electron chi connectivity index (χ0n) is 11.1. The van der Waals surface area contributed by atoms with Crippen molar-refractivity contribution in [1.82, 2.24) is 14.9 Å². The van der Waals surface area contributed by atoms with E-state index in [9.17, 15) is 4.79 Å². The highest BCUT2D eigenvalue weighted by molar-refractivity contribution is 7.71. The molecule has 1 heterocycles. The first-order chi connectivity index (χ1) is 9.50. The Labute approximate surface area is 120 Å². The SMILES string of the molecule is CC(C)c1n[nH]c(=S)n1N=Cc1ccccc1C(=O)O. The molecular weight excluding hydrogens is 276 g/mol. The van der Waals surface area contributed by atoms with Crippen molar-refractivity contribution in [3.63, 3.8) is 0 Å². The standard InChI is InChI=1S/C13H14N4O2S/c1-8(2)11-15-16-13(20)17(11)14-7-9-5-3-4-6-10(9)12(18)19/h3-8H,1-2H3,(H,16,20)(H,18,19). The molecule has 0 radical (unpaired) electrons. The Morgan fingerprint density at radius 3 is 2.85 bits per heavy atom. The first-order valence-corrected chi connectivity index (χ1v) is 6.45. The van der Waals surface area contributed by atoms with Gasteiger partial charge in [0.05, 0.1) is 11.8 Å². The van der Waals surface area contributed by atoms with Gasteiger partial charge in [0.1, 0.15) is 0 Å². The maximum Gasteiger partial charge on any atom is 0.336 e. The van der Waals surface area contributed by atoms with E-state index >= 15 is 0 Å². The fraction of sp³-hybridized carbons (Fsp3) is 0.231. The molecule has 0 fully saturated rings. The molecule has 0 amide bonds. The molecule has 1 aromatic carbocycles. The Morgan fingerprint density at radius 2 is 2.20 bits per heavy atom. The van der Waals surface area contributed by atoms with Crippen LogP contribution in [0.2, 0.25) is 0 Å². The zero-order valence-corrected chi connectivity index (χ0v) is 11.9. The summed E-state index contributed by atoms with van der Waals surface area (Å²) in [5.41, 5.74) is 0.704. The van der Waals surface area contributed by atoms with E-state index in [0.717, 1.165) is 0 Å². The van der Waals surface area contributed by atoms with Crippen LogP contribution < -0.4 is 0 Å². The minimum absolute atomic E-state index is 0.148. The third kappa shape index (κ3) is 2.83. The molecule has 0 aliphatic rings. The number of nitrogens with one attached hydrogen (secondary N) is 1. The first-order valence-electron chi connectivity index (χ1n) is 6.04. The second-order valence-electron chi connectivity index (χ2n) is 4.49. The van der Waals surface area contributed by atoms with Crippen molar-refractivity contribution in [2.24, 2.45) is 5.10 Å². The Kier molecular flexibility index (Phi) is 4.09. The van der Waals surface area contributed by atoms with Crippen LogP contribution in [0.4, 0.5) is 0 Å². The predicted molar refractivity (Wildman–Crippen MR) is 77.9 cm³/mol. The van der Waals surface area contributed by atoms with Gasteiger partial charge in [-0.3, -0.25) is 5.10 Å². The molecule has 0 spiro atoms. The summed E-state index contributed by atoms with van der Waals surface area (Å²) in [5, 5.41) is 20.1. The molecule has 104 valence electrons. The number of H-pyrrole nitrogens is 1. The Balaban J connectivity index is 2.43. The number of aromatic amines is 1. The Morgan fingerprint density at radius 1 is 1.50 bits per heavy atom. The normalized spacial score (nSPS) is 11.3. The van der Waals surface area contributed by atoms with Crippen LogP contribution in [0.3, 0.4) is 0 Å². The lowest BCUT2D eigenvalue weighted by Gasteiger charge is -2.03. The van der Waals surface area contributed by atoms with Crippen LogP contribution in [-0.2, 0) is 0 Å². The number of aromatic carboxylic acids is 1. The van der Waals surface area contributed by atoms with E-state index in [-0.39, 0.29) is 11.5 Å². The van der Waals surface area contributed by atoms with Crippen LogP contribution in [-0.4, -0.2) is 32.2 Å². The minimum Gasteiger partial charge on any atom is -0.478 e. The van der Waals surface area contributed by atoms with Crippen molar-refractivity contribution < 1.29 is 9.90 Å². The fourth-order valence-electron chi connectivity index (χ4n) is 1.71. The van der Waals surface area contributed by atoms with Crippen molar-refractivity contribution in [2.75, 3.05) is 0 Å². The molecule has 2 N–H and O–H groups in total. The number of carboxylic acid groups (broad SMARTS) is 1. The van der Waals surface area contributed by atoms with Crippen molar-refractivity contribution in [3.05, 3.63) is 46.0 Å². The lowest BCUT2D eigenvalue weighted by molar-refractivity contribution is 0.0697. The van der Waals surface area contributed by atoms with Crippen LogP contribution in [0.1, 0.15) is 41.5 Å². The Hall–Kier alpha value is -2.28. The smallest absolute Gasteiger partial charge is 0.336 e. The molecule has 0 bridgehead atoms. The van der Waals surface area contributed by atoms with E-state index in [4.69, 9.17) is 17.3 Å². The summed E-state index contributed by atoms with van der Waals surface area (Å²) in [7, 11) is 0. The Bertz CT molecular complexity index is 715. The molecule has 0 saturated heterocycles. The van der Waals surface area contributed by atoms with E-state index in [0.29, 0.717) is 16.2 Å². The van der Waals surface area contributed by atoms with Crippen molar-refractivity contribution in [1.29, 1.82) is 0 Å². The summed E-state index contributed by atoms with van der Waals surface area (Å²) >= 11 is 5.11. The topological polar surface area (TPSA) is 83.3 Å². The number of carbonyl (C=O) groups is 1. The summed E-state index contributed by atoms with van der Waals surface area (Å²) in [6, 6.07) is 6.64. The average molecular weight is 290 g/mol. The molecule has 0 saturated carbocycles. The molecule has 2 aromatic rings. The molecule has 0 unspecified atom stereocenters. The first kappa shape index (κ1) is 14.1. The molecule has 0 aliphatic heterocycles. The third-order valence-corrected chi connectivity index (χ3v) is 2.96. The number of aromatic nitrogens is 3. The van der Waals surface area contributed by atoms with Crippen LogP contribution in [0, 0.1) is 4.77 Å². The van der Waals surface area contributed by atoms with E-state index in [2.05, 4.69) is 15.3 Å². The van der Waals surface area contributed by atoms with E-state index in [1.165, 1.54) is 17.0 Å². The average Bonchev–Trinajstić information content (AvgIpc) is 2.78. The maximum absolute atomic E-state index is 11.1. The van der Waals surface area contributed by atoms with Gasteiger partial charge in [-0.1, -0.05) is 32.0 Å². The van der Waals surface area contributed by atoms with Gasteiger partial charge < -0.3 is 5.11 Å². The van der Waals surface area contributed by atoms with Crippen molar-refractivity contribution in [3.8, 4) is 0 Å². The van der Waals surface area contributed by atoms with Crippen LogP contribution in [0.5, 0.6) is 0 Å². The molecule has 0 atom stereocenters. The van der Waals surface area contributed by atoms with Crippen LogP contribution in [0.15, 0.2) is 29.4 Å². The van der Waals surface area contributed by atoms with Crippen LogP contribution in [0.25, 0.3) is 0 Å². The number of rotatable bonds is 4. The van der Waals surface area contributed by atoms with Gasteiger partial charge in [-0.25, -0.2) is 4.79 Å². The van der Waals surface area contributed by atoms with Gasteiger partial charge in [-0.15, -0.1) is 0 Å². The lowest BCUT2D eigenvalue weighted by Crippen LogP contribution is -2.04. The second-order valence-corrected chi connectivity index (χ2v) is 4.88. The van der Waals surface area contributed by atoms with E-state index < -0.39 is 5.97 Å². The summed E-state index contributed by atoms with van der Waals surface area (Å²) in [6.07, 6.45) is 1.47. The van der Waals surface area contributed by atoms with E-state index in [1.54, 1.807) is 18.2 Å². The van der Waals surface area contributed by atoms with Gasteiger partial charge in [-0.2, -0.15) is 14.9 Å². The molecule has 6 nitrogen and oxygen atoms in total. The quantitative estimate of drug-likeness (QED) is 0.670. The molecule has 1 aromatic heterocycles. The largest absolute Gasteiger partial charge is 0.478 e. The number of hydrogen-bond donors (Lipinski definition) is 2. The fourth-order valence-corrected chi connectivity index (χ4v) is 1.90. The summed E-state index contributed by atoms with van der Waals surface area (Å²) in [6.45, 7) is 3.95. The number of carboxylic acids is 1. The highest BCUT2D eigenvalue weighted by Gasteiger charge is 2.10. The van der Waals surface area contributed by atoms with Gasteiger partial charge in [-0.05, 0) is 18.3 Å². The number of hydrogen-bond acceptors (Lipinski definition) is 4. The van der Waals surface area contributed by atoms with Gasteiger partial charge in [0.15, 0.2) is 5.82 Å². The molecule has 0 aliphatic carbocycles. The second kappa shape index (κ2) is 5.79. The summed E-state index contributed by atoms with van der Waals surface area (Å²) in [5.74, 6) is -0.152. The predicted octanol–water partition coefficient (Wildman–Crippen LogP) is 2.64.